The van der Waals surface area contributed by atoms with Crippen molar-refractivity contribution in [2.45, 2.75) is 107 Å². The van der Waals surface area contributed by atoms with Gasteiger partial charge in [-0.1, -0.05) is 12.8 Å². The number of likely N-dealkylation sites (N-methyl/N-ethyl adjacent to an activating group) is 1. The smallest absolute Gasteiger partial charge is 0.129 e. The lowest BCUT2D eigenvalue weighted by molar-refractivity contribution is -0.0159. The third-order valence-corrected chi connectivity index (χ3v) is 12.8. The van der Waals surface area contributed by atoms with E-state index in [9.17, 15) is 10.4 Å². The standard InChI is InChI=1S/C34H60FN9O/c1-42-14-16-43(17-15-42)22-24-5-12-44(13-6-24)30-26(35)20-39-21-28(30)41-32(45)29(31(37)38)27-18-33(7-2-3-8-33)9-4-25(19-40-27)34(23-36)10-11-34/h19,24-32,39,41,45H,2-18,20-22,37-38H2,1H3/b40-19-. The summed E-state index contributed by atoms with van der Waals surface area (Å²) in [6.45, 7) is 8.37. The predicted octanol–water partition coefficient (Wildman–Crippen LogP) is 1.50. The molecule has 7 atom stereocenters. The van der Waals surface area contributed by atoms with E-state index >= 15 is 4.39 Å². The largest absolute Gasteiger partial charge is 0.378 e. The minimum atomic E-state index is -1.02. The van der Waals surface area contributed by atoms with Gasteiger partial charge in [-0.05, 0) is 89.3 Å². The molecule has 11 heteroatoms. The van der Waals surface area contributed by atoms with Gasteiger partial charge in [0, 0.05) is 69.9 Å². The van der Waals surface area contributed by atoms with Gasteiger partial charge in [-0.15, -0.1) is 0 Å². The Labute approximate surface area is 270 Å². The van der Waals surface area contributed by atoms with Crippen molar-refractivity contribution < 1.29 is 9.50 Å². The van der Waals surface area contributed by atoms with Gasteiger partial charge in [0.1, 0.15) is 12.4 Å². The molecule has 254 valence electrons. The molecule has 0 amide bonds. The van der Waals surface area contributed by atoms with Crippen LogP contribution in [0.3, 0.4) is 0 Å². The highest BCUT2D eigenvalue weighted by atomic mass is 19.1. The zero-order chi connectivity index (χ0) is 31.6. The second-order valence-corrected chi connectivity index (χ2v) is 15.8. The molecule has 6 aliphatic rings. The Hall–Kier alpha value is -1.23. The molecule has 7 unspecified atom stereocenters. The van der Waals surface area contributed by atoms with Gasteiger partial charge in [0.25, 0.3) is 0 Å². The first-order chi connectivity index (χ1) is 21.7. The molecule has 0 bridgehead atoms. The van der Waals surface area contributed by atoms with Crippen molar-refractivity contribution in [3.05, 3.63) is 0 Å². The average molecular weight is 630 g/mol. The Morgan fingerprint density at radius 3 is 2.40 bits per heavy atom. The predicted molar refractivity (Wildman–Crippen MR) is 176 cm³/mol. The van der Waals surface area contributed by atoms with Crippen molar-refractivity contribution in [2.24, 2.45) is 45.0 Å². The van der Waals surface area contributed by atoms with Crippen LogP contribution in [-0.4, -0.2) is 129 Å². The molecule has 3 saturated heterocycles. The average Bonchev–Trinajstić information content (AvgIpc) is 3.67. The molecule has 5 fully saturated rings. The molecule has 7 N–H and O–H groups in total. The normalized spacial score (nSPS) is 37.1. The van der Waals surface area contributed by atoms with Crippen molar-refractivity contribution in [3.8, 4) is 6.07 Å². The summed E-state index contributed by atoms with van der Waals surface area (Å²) >= 11 is 0. The Bertz CT molecular complexity index is 1030. The summed E-state index contributed by atoms with van der Waals surface area (Å²) < 4.78 is 15.7. The summed E-state index contributed by atoms with van der Waals surface area (Å²) in [5.74, 6) is 0.284. The quantitative estimate of drug-likeness (QED) is 0.240. The monoisotopic (exact) mass is 629 g/mol. The summed E-state index contributed by atoms with van der Waals surface area (Å²) in [7, 11) is 2.19. The van der Waals surface area contributed by atoms with E-state index in [1.54, 1.807) is 0 Å². The fraction of sp³-hybridized carbons (Fsp3) is 0.941. The van der Waals surface area contributed by atoms with Crippen LogP contribution in [-0.2, 0) is 0 Å². The van der Waals surface area contributed by atoms with Crippen LogP contribution < -0.4 is 22.1 Å². The van der Waals surface area contributed by atoms with Gasteiger partial charge >= 0.3 is 0 Å². The van der Waals surface area contributed by atoms with E-state index in [0.29, 0.717) is 19.0 Å². The molecule has 0 aromatic rings. The number of nitrogens with two attached hydrogens (primary N) is 2. The van der Waals surface area contributed by atoms with Gasteiger partial charge < -0.3 is 31.7 Å². The molecule has 6 rings (SSSR count). The Morgan fingerprint density at radius 2 is 1.76 bits per heavy atom. The van der Waals surface area contributed by atoms with Crippen molar-refractivity contribution in [2.75, 3.05) is 66.0 Å². The number of likely N-dealkylation sites (tertiary alicyclic amines) is 1. The van der Waals surface area contributed by atoms with E-state index in [4.69, 9.17) is 16.5 Å². The van der Waals surface area contributed by atoms with Crippen LogP contribution in [0.1, 0.15) is 70.6 Å². The summed E-state index contributed by atoms with van der Waals surface area (Å²) in [6, 6.07) is 1.78. The molecule has 0 radical (unpaired) electrons. The van der Waals surface area contributed by atoms with Crippen LogP contribution in [0.4, 0.5) is 4.39 Å². The van der Waals surface area contributed by atoms with E-state index in [1.165, 1.54) is 12.8 Å². The number of nitrogens with one attached hydrogen (secondary N) is 2. The van der Waals surface area contributed by atoms with Gasteiger partial charge in [-0.3, -0.25) is 15.2 Å². The number of hydrogen-bond donors (Lipinski definition) is 5. The summed E-state index contributed by atoms with van der Waals surface area (Å²) in [5.41, 5.74) is 12.8. The van der Waals surface area contributed by atoms with Gasteiger partial charge in [0.05, 0.1) is 29.7 Å². The first-order valence-corrected chi connectivity index (χ1v) is 18.1. The molecule has 4 heterocycles. The number of nitriles is 1. The number of aliphatic hydroxyl groups excluding tert-OH is 1. The number of hydrogen-bond acceptors (Lipinski definition) is 10. The Morgan fingerprint density at radius 1 is 1.04 bits per heavy atom. The molecular formula is C34H60FN9O. The zero-order valence-electron chi connectivity index (χ0n) is 27.6. The number of aliphatic hydroxyl groups is 1. The number of aliphatic imine (C=N–C) groups is 1. The lowest BCUT2D eigenvalue weighted by atomic mass is 9.70. The topological polar surface area (TPSA) is 142 Å². The van der Waals surface area contributed by atoms with Crippen LogP contribution in [0.5, 0.6) is 0 Å². The number of rotatable bonds is 9. The maximum Gasteiger partial charge on any atom is 0.129 e. The Balaban J connectivity index is 1.12. The molecular weight excluding hydrogens is 569 g/mol. The number of piperidine rings is 2. The van der Waals surface area contributed by atoms with Crippen LogP contribution in [0, 0.1) is 39.9 Å². The third-order valence-electron chi connectivity index (χ3n) is 12.8. The first-order valence-electron chi connectivity index (χ1n) is 18.1. The van der Waals surface area contributed by atoms with Crippen LogP contribution in [0.2, 0.25) is 0 Å². The summed E-state index contributed by atoms with van der Waals surface area (Å²) in [4.78, 5) is 12.4. The van der Waals surface area contributed by atoms with E-state index in [1.807, 2.05) is 6.21 Å². The van der Waals surface area contributed by atoms with E-state index in [-0.39, 0.29) is 34.9 Å². The van der Waals surface area contributed by atoms with Crippen molar-refractivity contribution in [1.29, 1.82) is 5.26 Å². The fourth-order valence-corrected chi connectivity index (χ4v) is 9.63. The number of nitrogens with zero attached hydrogens (tertiary/aromatic N) is 5. The highest BCUT2D eigenvalue weighted by molar-refractivity contribution is 5.64. The van der Waals surface area contributed by atoms with Crippen LogP contribution in [0.25, 0.3) is 0 Å². The van der Waals surface area contributed by atoms with Gasteiger partial charge in [0.15, 0.2) is 0 Å². The number of halogens is 1. The van der Waals surface area contributed by atoms with Crippen LogP contribution in [0.15, 0.2) is 4.99 Å². The SMILES string of the molecule is CN1CCN(CC2CCN(C3C(F)CNCC3NC(O)C(C(N)N)C3CC4(CCCC4)CCC(C4(C#N)CC4)/C=N\3)CC2)CC1. The highest BCUT2D eigenvalue weighted by Crippen LogP contribution is 2.56. The van der Waals surface area contributed by atoms with Crippen molar-refractivity contribution in [1.82, 2.24) is 25.3 Å². The number of alkyl halides is 1. The lowest BCUT2D eigenvalue weighted by Crippen LogP contribution is -2.68. The summed E-state index contributed by atoms with van der Waals surface area (Å²) in [6.07, 6.45) is 10.9. The highest BCUT2D eigenvalue weighted by Gasteiger charge is 2.51. The fourth-order valence-electron chi connectivity index (χ4n) is 9.63. The molecule has 4 aliphatic heterocycles. The number of piperazine rings is 1. The van der Waals surface area contributed by atoms with Gasteiger partial charge in [-0.2, -0.15) is 5.26 Å². The molecule has 10 nitrogen and oxygen atoms in total. The minimum Gasteiger partial charge on any atom is -0.378 e. The molecule has 2 saturated carbocycles. The van der Waals surface area contributed by atoms with Crippen LogP contribution >= 0.6 is 0 Å². The van der Waals surface area contributed by atoms with E-state index in [0.717, 1.165) is 104 Å². The molecule has 2 aliphatic carbocycles. The van der Waals surface area contributed by atoms with E-state index in [2.05, 4.69) is 38.5 Å². The maximum absolute atomic E-state index is 15.7. The second kappa shape index (κ2) is 14.5. The zero-order valence-corrected chi connectivity index (χ0v) is 27.6. The molecule has 1 spiro atoms. The molecule has 0 aromatic heterocycles. The van der Waals surface area contributed by atoms with Gasteiger partial charge in [0.2, 0.25) is 0 Å². The Kier molecular flexibility index (Phi) is 10.8. The van der Waals surface area contributed by atoms with E-state index < -0.39 is 24.5 Å². The van der Waals surface area contributed by atoms with Crippen molar-refractivity contribution >= 4 is 6.21 Å². The maximum atomic E-state index is 15.7. The minimum absolute atomic E-state index is 0.140. The molecule has 45 heavy (non-hydrogen) atoms. The van der Waals surface area contributed by atoms with Gasteiger partial charge in [-0.25, -0.2) is 4.39 Å². The first kappa shape index (κ1) is 33.7. The lowest BCUT2D eigenvalue weighted by Gasteiger charge is -2.47. The second-order valence-electron chi connectivity index (χ2n) is 15.8. The van der Waals surface area contributed by atoms with Crippen molar-refractivity contribution in [3.63, 3.8) is 0 Å². The molecule has 0 aromatic carbocycles. The third kappa shape index (κ3) is 7.75. The summed E-state index contributed by atoms with van der Waals surface area (Å²) in [5, 5.41) is 28.5.